The maximum Gasteiger partial charge on any atom is 0.315 e. The number of pyridine rings is 1. The molecule has 6 heteroatoms. The minimum atomic E-state index is -0.887. The van der Waals surface area contributed by atoms with Crippen molar-refractivity contribution in [3.63, 3.8) is 0 Å². The largest absolute Gasteiger partial charge is 0.481 e. The number of carboxylic acid groups (broad SMARTS) is 1. The number of hydrogen-bond donors (Lipinski definition) is 3. The number of carbonyl (C=O) groups is 2. The Bertz CT molecular complexity index is 474. The zero-order chi connectivity index (χ0) is 14.5. The number of amides is 2. The highest BCUT2D eigenvalue weighted by Gasteiger charge is 2.33. The highest BCUT2D eigenvalue weighted by molar-refractivity contribution is 5.76. The van der Waals surface area contributed by atoms with Crippen LogP contribution in [0.5, 0.6) is 0 Å². The van der Waals surface area contributed by atoms with Gasteiger partial charge in [0.15, 0.2) is 0 Å². The smallest absolute Gasteiger partial charge is 0.315 e. The Morgan fingerprint density at radius 2 is 2.20 bits per heavy atom. The summed E-state index contributed by atoms with van der Waals surface area (Å²) in [6.45, 7) is 1.86. The van der Waals surface area contributed by atoms with Crippen molar-refractivity contribution in [2.24, 2.45) is 5.92 Å². The number of aliphatic carboxylic acids is 1. The molecule has 6 nitrogen and oxygen atoms in total. The van der Waals surface area contributed by atoms with Crippen molar-refractivity contribution in [2.45, 2.75) is 38.3 Å². The first-order valence-corrected chi connectivity index (χ1v) is 6.75. The number of carboxylic acids is 1. The van der Waals surface area contributed by atoms with E-state index in [1.165, 1.54) is 0 Å². The first-order valence-electron chi connectivity index (χ1n) is 6.75. The lowest BCUT2D eigenvalue weighted by Crippen LogP contribution is -2.44. The topological polar surface area (TPSA) is 91.3 Å². The van der Waals surface area contributed by atoms with E-state index in [4.69, 9.17) is 5.11 Å². The van der Waals surface area contributed by atoms with E-state index in [1.54, 1.807) is 12.4 Å². The van der Waals surface area contributed by atoms with Crippen LogP contribution in [0.1, 0.15) is 37.8 Å². The summed E-state index contributed by atoms with van der Waals surface area (Å²) in [4.78, 5) is 26.7. The first-order chi connectivity index (χ1) is 9.56. The second-order valence-electron chi connectivity index (χ2n) is 5.17. The zero-order valence-corrected chi connectivity index (χ0v) is 11.4. The molecule has 2 amide bonds. The lowest BCUT2D eigenvalue weighted by molar-refractivity contribution is -0.137. The number of nitrogens with one attached hydrogen (secondary N) is 2. The van der Waals surface area contributed by atoms with Gasteiger partial charge in [-0.2, -0.15) is 0 Å². The molecule has 0 radical (unpaired) electrons. The SMILES string of the molecule is CC(NC(=O)NC(CC(=O)O)C1CC1)c1cccnc1. The maximum atomic E-state index is 11.9. The molecule has 3 N–H and O–H groups in total. The fourth-order valence-corrected chi connectivity index (χ4v) is 2.14. The molecule has 0 spiro atoms. The summed E-state index contributed by atoms with van der Waals surface area (Å²) in [6, 6.07) is 2.90. The number of nitrogens with zero attached hydrogens (tertiary/aromatic N) is 1. The molecule has 1 saturated carbocycles. The molecule has 1 heterocycles. The van der Waals surface area contributed by atoms with Crippen LogP contribution >= 0.6 is 0 Å². The van der Waals surface area contributed by atoms with Gasteiger partial charge in [0, 0.05) is 18.4 Å². The number of aromatic nitrogens is 1. The Labute approximate surface area is 117 Å². The van der Waals surface area contributed by atoms with Crippen molar-refractivity contribution >= 4 is 12.0 Å². The van der Waals surface area contributed by atoms with E-state index in [0.29, 0.717) is 5.92 Å². The number of carbonyl (C=O) groups excluding carboxylic acids is 1. The molecule has 1 aromatic rings. The van der Waals surface area contributed by atoms with Gasteiger partial charge in [0.25, 0.3) is 0 Å². The summed E-state index contributed by atoms with van der Waals surface area (Å²) in [7, 11) is 0. The molecule has 0 aromatic carbocycles. The Kier molecular flexibility index (Phi) is 4.55. The minimum Gasteiger partial charge on any atom is -0.481 e. The summed E-state index contributed by atoms with van der Waals surface area (Å²) in [5, 5.41) is 14.4. The highest BCUT2D eigenvalue weighted by atomic mass is 16.4. The van der Waals surface area contributed by atoms with Gasteiger partial charge in [-0.3, -0.25) is 9.78 Å². The van der Waals surface area contributed by atoms with Gasteiger partial charge in [0.05, 0.1) is 12.5 Å². The van der Waals surface area contributed by atoms with Crippen molar-refractivity contribution in [1.29, 1.82) is 0 Å². The van der Waals surface area contributed by atoms with Crippen LogP contribution in [-0.2, 0) is 4.79 Å². The molecule has 2 rings (SSSR count). The van der Waals surface area contributed by atoms with Gasteiger partial charge in [-0.05, 0) is 37.3 Å². The van der Waals surface area contributed by atoms with E-state index in [-0.39, 0.29) is 24.5 Å². The van der Waals surface area contributed by atoms with Crippen molar-refractivity contribution in [3.05, 3.63) is 30.1 Å². The van der Waals surface area contributed by atoms with Gasteiger partial charge >= 0.3 is 12.0 Å². The fraction of sp³-hybridized carbons (Fsp3) is 0.500. The second kappa shape index (κ2) is 6.36. The number of urea groups is 1. The predicted molar refractivity (Wildman–Crippen MR) is 73.1 cm³/mol. The number of rotatable bonds is 6. The van der Waals surface area contributed by atoms with Gasteiger partial charge in [0.2, 0.25) is 0 Å². The van der Waals surface area contributed by atoms with Crippen LogP contribution in [0, 0.1) is 5.92 Å². The van der Waals surface area contributed by atoms with Crippen LogP contribution in [0.3, 0.4) is 0 Å². The standard InChI is InChI=1S/C14H19N3O3/c1-9(11-3-2-6-15-8-11)16-14(20)17-12(7-13(18)19)10-4-5-10/h2-3,6,8-10,12H,4-5,7H2,1H3,(H,18,19)(H2,16,17,20). The monoisotopic (exact) mass is 277 g/mol. The van der Waals surface area contributed by atoms with Crippen LogP contribution in [0.2, 0.25) is 0 Å². The molecule has 108 valence electrons. The molecule has 2 atom stereocenters. The molecule has 20 heavy (non-hydrogen) atoms. The fourth-order valence-electron chi connectivity index (χ4n) is 2.14. The van der Waals surface area contributed by atoms with Crippen LogP contribution in [-0.4, -0.2) is 28.1 Å². The van der Waals surface area contributed by atoms with E-state index in [0.717, 1.165) is 18.4 Å². The average Bonchev–Trinajstić information content (AvgIpc) is 3.22. The van der Waals surface area contributed by atoms with E-state index in [1.807, 2.05) is 19.1 Å². The van der Waals surface area contributed by atoms with E-state index in [2.05, 4.69) is 15.6 Å². The van der Waals surface area contributed by atoms with Gasteiger partial charge < -0.3 is 15.7 Å². The first kappa shape index (κ1) is 14.3. The Morgan fingerprint density at radius 1 is 1.45 bits per heavy atom. The molecule has 0 bridgehead atoms. The van der Waals surface area contributed by atoms with Gasteiger partial charge in [-0.25, -0.2) is 4.79 Å². The summed E-state index contributed by atoms with van der Waals surface area (Å²) in [6.07, 6.45) is 5.30. The van der Waals surface area contributed by atoms with Crippen molar-refractivity contribution in [1.82, 2.24) is 15.6 Å². The molecule has 0 aliphatic heterocycles. The molecule has 0 saturated heterocycles. The van der Waals surface area contributed by atoms with Crippen LogP contribution < -0.4 is 10.6 Å². The molecule has 1 fully saturated rings. The molecule has 1 aromatic heterocycles. The van der Waals surface area contributed by atoms with Gasteiger partial charge in [-0.15, -0.1) is 0 Å². The third kappa shape index (κ3) is 4.22. The normalized spacial score (nSPS) is 17.1. The molecule has 1 aliphatic carbocycles. The van der Waals surface area contributed by atoms with Crippen LogP contribution in [0.15, 0.2) is 24.5 Å². The summed E-state index contributed by atoms with van der Waals surface area (Å²) in [5.74, 6) is -0.590. The highest BCUT2D eigenvalue weighted by Crippen LogP contribution is 2.34. The molecular formula is C14H19N3O3. The summed E-state index contributed by atoms with van der Waals surface area (Å²) in [5.41, 5.74) is 0.906. The zero-order valence-electron chi connectivity index (χ0n) is 11.4. The Morgan fingerprint density at radius 3 is 2.75 bits per heavy atom. The lowest BCUT2D eigenvalue weighted by atomic mass is 10.1. The Hall–Kier alpha value is -2.11. The second-order valence-corrected chi connectivity index (χ2v) is 5.17. The summed E-state index contributed by atoms with van der Waals surface area (Å²) >= 11 is 0. The van der Waals surface area contributed by atoms with E-state index >= 15 is 0 Å². The van der Waals surface area contributed by atoms with Crippen molar-refractivity contribution in [3.8, 4) is 0 Å². The van der Waals surface area contributed by atoms with Crippen LogP contribution in [0.4, 0.5) is 4.79 Å². The van der Waals surface area contributed by atoms with Gasteiger partial charge in [-0.1, -0.05) is 6.07 Å². The van der Waals surface area contributed by atoms with Crippen molar-refractivity contribution in [2.75, 3.05) is 0 Å². The number of hydrogen-bond acceptors (Lipinski definition) is 3. The third-order valence-electron chi connectivity index (χ3n) is 3.43. The summed E-state index contributed by atoms with van der Waals surface area (Å²) < 4.78 is 0. The van der Waals surface area contributed by atoms with E-state index < -0.39 is 5.97 Å². The third-order valence-corrected chi connectivity index (χ3v) is 3.43. The van der Waals surface area contributed by atoms with Crippen LogP contribution in [0.25, 0.3) is 0 Å². The predicted octanol–water partition coefficient (Wildman–Crippen LogP) is 1.70. The van der Waals surface area contributed by atoms with E-state index in [9.17, 15) is 9.59 Å². The molecule has 2 unspecified atom stereocenters. The Balaban J connectivity index is 1.86. The lowest BCUT2D eigenvalue weighted by Gasteiger charge is -2.19. The molecular weight excluding hydrogens is 258 g/mol. The van der Waals surface area contributed by atoms with Crippen molar-refractivity contribution < 1.29 is 14.7 Å². The quantitative estimate of drug-likeness (QED) is 0.738. The minimum absolute atomic E-state index is 0.0284. The van der Waals surface area contributed by atoms with Gasteiger partial charge in [0.1, 0.15) is 0 Å². The maximum absolute atomic E-state index is 11.9. The molecule has 1 aliphatic rings. The average molecular weight is 277 g/mol.